The molecule has 0 aliphatic rings. The Balaban J connectivity index is 1.63. The molecule has 1 aromatic heterocycles. The quantitative estimate of drug-likeness (QED) is 0.431. The highest BCUT2D eigenvalue weighted by molar-refractivity contribution is 7.99. The van der Waals surface area contributed by atoms with Crippen LogP contribution in [0, 0.1) is 6.92 Å². The maximum absolute atomic E-state index is 12.6. The minimum absolute atomic E-state index is 0.163. The summed E-state index contributed by atoms with van der Waals surface area (Å²) >= 11 is 7.30. The van der Waals surface area contributed by atoms with E-state index in [1.807, 2.05) is 31.4 Å². The van der Waals surface area contributed by atoms with Crippen LogP contribution in [0.4, 0.5) is 5.69 Å². The summed E-state index contributed by atoms with van der Waals surface area (Å²) in [7, 11) is 1.58. The lowest BCUT2D eigenvalue weighted by Crippen LogP contribution is -2.28. The molecule has 33 heavy (non-hydrogen) atoms. The number of carbonyl (C=O) groups is 2. The van der Waals surface area contributed by atoms with E-state index in [9.17, 15) is 9.59 Å². The SMILES string of the molecule is CCn1c(SCC(=O)Nc2cc(Cl)ccc2C)nnc1[C@H](C)NC(=O)c1ccc(OC)cc1. The molecule has 2 N–H and O–H groups in total. The van der Waals surface area contributed by atoms with Crippen molar-refractivity contribution < 1.29 is 14.3 Å². The Morgan fingerprint density at radius 1 is 1.18 bits per heavy atom. The third-order valence-electron chi connectivity index (χ3n) is 4.95. The molecule has 0 fully saturated rings. The van der Waals surface area contributed by atoms with Crippen LogP contribution in [-0.4, -0.2) is 39.4 Å². The summed E-state index contributed by atoms with van der Waals surface area (Å²) in [5.74, 6) is 1.07. The van der Waals surface area contributed by atoms with E-state index in [4.69, 9.17) is 16.3 Å². The first kappa shape index (κ1) is 24.6. The monoisotopic (exact) mass is 487 g/mol. The van der Waals surface area contributed by atoms with E-state index in [0.717, 1.165) is 5.56 Å². The first-order valence-electron chi connectivity index (χ1n) is 10.4. The number of nitrogens with one attached hydrogen (secondary N) is 2. The van der Waals surface area contributed by atoms with Gasteiger partial charge < -0.3 is 19.9 Å². The number of carbonyl (C=O) groups excluding carboxylic acids is 2. The van der Waals surface area contributed by atoms with Gasteiger partial charge in [-0.2, -0.15) is 0 Å². The van der Waals surface area contributed by atoms with Crippen molar-refractivity contribution in [1.82, 2.24) is 20.1 Å². The number of thioether (sulfide) groups is 1. The van der Waals surface area contributed by atoms with Crippen LogP contribution in [0.3, 0.4) is 0 Å². The molecule has 3 rings (SSSR count). The number of hydrogen-bond acceptors (Lipinski definition) is 6. The normalized spacial score (nSPS) is 11.7. The van der Waals surface area contributed by atoms with Crippen molar-refractivity contribution >= 4 is 40.9 Å². The fourth-order valence-corrected chi connectivity index (χ4v) is 4.14. The van der Waals surface area contributed by atoms with Crippen LogP contribution in [0.15, 0.2) is 47.6 Å². The largest absolute Gasteiger partial charge is 0.497 e. The van der Waals surface area contributed by atoms with E-state index < -0.39 is 0 Å². The second-order valence-corrected chi connectivity index (χ2v) is 8.68. The summed E-state index contributed by atoms with van der Waals surface area (Å²) in [5.41, 5.74) is 2.13. The van der Waals surface area contributed by atoms with Crippen molar-refractivity contribution in [3.8, 4) is 5.75 Å². The van der Waals surface area contributed by atoms with Crippen LogP contribution in [0.25, 0.3) is 0 Å². The molecule has 0 bridgehead atoms. The minimum atomic E-state index is -0.371. The number of benzene rings is 2. The van der Waals surface area contributed by atoms with Gasteiger partial charge in [0, 0.05) is 22.8 Å². The Hall–Kier alpha value is -3.04. The number of ether oxygens (including phenoxy) is 1. The maximum atomic E-state index is 12.6. The molecule has 0 unspecified atom stereocenters. The molecule has 0 saturated heterocycles. The molecule has 10 heteroatoms. The zero-order chi connectivity index (χ0) is 24.0. The molecule has 8 nitrogen and oxygen atoms in total. The van der Waals surface area contributed by atoms with Crippen LogP contribution in [0.1, 0.15) is 41.6 Å². The van der Waals surface area contributed by atoms with Gasteiger partial charge in [0.1, 0.15) is 5.75 Å². The van der Waals surface area contributed by atoms with E-state index >= 15 is 0 Å². The highest BCUT2D eigenvalue weighted by Gasteiger charge is 2.20. The minimum Gasteiger partial charge on any atom is -0.497 e. The van der Waals surface area contributed by atoms with Gasteiger partial charge in [0.2, 0.25) is 5.91 Å². The molecular formula is C23H26ClN5O3S. The van der Waals surface area contributed by atoms with Gasteiger partial charge in [-0.3, -0.25) is 9.59 Å². The summed E-state index contributed by atoms with van der Waals surface area (Å²) < 4.78 is 7.02. The second-order valence-electron chi connectivity index (χ2n) is 7.30. The molecule has 0 aliphatic heterocycles. The average molecular weight is 488 g/mol. The number of rotatable bonds is 9. The van der Waals surface area contributed by atoms with Crippen molar-refractivity contribution in [1.29, 1.82) is 0 Å². The van der Waals surface area contributed by atoms with Gasteiger partial charge in [-0.25, -0.2) is 0 Å². The molecule has 0 spiro atoms. The van der Waals surface area contributed by atoms with Crippen molar-refractivity contribution in [3.05, 3.63) is 64.4 Å². The van der Waals surface area contributed by atoms with E-state index in [-0.39, 0.29) is 23.6 Å². The molecule has 0 saturated carbocycles. The molecule has 3 aromatic rings. The summed E-state index contributed by atoms with van der Waals surface area (Å²) in [4.78, 5) is 25.0. The predicted molar refractivity (Wildman–Crippen MR) is 130 cm³/mol. The fraction of sp³-hybridized carbons (Fsp3) is 0.304. The number of aromatic nitrogens is 3. The second kappa shape index (κ2) is 11.2. The Morgan fingerprint density at radius 2 is 1.91 bits per heavy atom. The summed E-state index contributed by atoms with van der Waals surface area (Å²) in [6.07, 6.45) is 0. The molecule has 2 aromatic carbocycles. The predicted octanol–water partition coefficient (Wildman–Crippen LogP) is 4.49. The lowest BCUT2D eigenvalue weighted by molar-refractivity contribution is -0.113. The summed E-state index contributed by atoms with van der Waals surface area (Å²) in [5, 5.41) is 15.5. The van der Waals surface area contributed by atoms with Crippen molar-refractivity contribution in [2.24, 2.45) is 0 Å². The maximum Gasteiger partial charge on any atom is 0.251 e. The Labute approximate surface area is 202 Å². The molecule has 0 aliphatic carbocycles. The summed E-state index contributed by atoms with van der Waals surface area (Å²) in [6, 6.07) is 11.9. The average Bonchev–Trinajstić information content (AvgIpc) is 3.23. The van der Waals surface area contributed by atoms with Gasteiger partial charge in [-0.15, -0.1) is 10.2 Å². The third-order valence-corrected chi connectivity index (χ3v) is 6.16. The molecule has 2 amide bonds. The Bertz CT molecular complexity index is 1130. The fourth-order valence-electron chi connectivity index (χ4n) is 3.16. The number of halogens is 1. The molecule has 1 atom stereocenters. The lowest BCUT2D eigenvalue weighted by Gasteiger charge is -2.15. The molecule has 1 heterocycles. The van der Waals surface area contributed by atoms with Crippen molar-refractivity contribution in [3.63, 3.8) is 0 Å². The van der Waals surface area contributed by atoms with E-state index in [1.54, 1.807) is 43.5 Å². The summed E-state index contributed by atoms with van der Waals surface area (Å²) in [6.45, 7) is 6.31. The van der Waals surface area contributed by atoms with Crippen LogP contribution in [0.2, 0.25) is 5.02 Å². The molecule has 0 radical (unpaired) electrons. The van der Waals surface area contributed by atoms with Gasteiger partial charge >= 0.3 is 0 Å². The van der Waals surface area contributed by atoms with Gasteiger partial charge in [0.05, 0.1) is 18.9 Å². The van der Waals surface area contributed by atoms with Crippen LogP contribution in [0.5, 0.6) is 5.75 Å². The number of nitrogens with zero attached hydrogens (tertiary/aromatic N) is 3. The van der Waals surface area contributed by atoms with Gasteiger partial charge in [0.15, 0.2) is 11.0 Å². The van der Waals surface area contributed by atoms with Gasteiger partial charge in [-0.05, 0) is 62.7 Å². The van der Waals surface area contributed by atoms with Crippen LogP contribution < -0.4 is 15.4 Å². The van der Waals surface area contributed by atoms with Gasteiger partial charge in [0.25, 0.3) is 5.91 Å². The number of amides is 2. The van der Waals surface area contributed by atoms with E-state index in [1.165, 1.54) is 11.8 Å². The topological polar surface area (TPSA) is 98.1 Å². The highest BCUT2D eigenvalue weighted by Crippen LogP contribution is 2.23. The number of methoxy groups -OCH3 is 1. The van der Waals surface area contributed by atoms with Crippen molar-refractivity contribution in [2.75, 3.05) is 18.2 Å². The van der Waals surface area contributed by atoms with Crippen LogP contribution in [-0.2, 0) is 11.3 Å². The number of aryl methyl sites for hydroxylation is 1. The first-order valence-corrected chi connectivity index (χ1v) is 11.8. The molecular weight excluding hydrogens is 462 g/mol. The zero-order valence-corrected chi connectivity index (χ0v) is 20.5. The van der Waals surface area contributed by atoms with Crippen molar-refractivity contribution in [2.45, 2.75) is 38.5 Å². The standard InChI is InChI=1S/C23H26ClN5O3S/c1-5-29-21(15(3)25-22(31)16-7-10-18(32-4)11-8-16)27-28-23(29)33-13-20(30)26-19-12-17(24)9-6-14(19)2/h6-12,15H,5,13H2,1-4H3,(H,25,31)(H,26,30)/t15-/m0/s1. The van der Waals surface area contributed by atoms with E-state index in [2.05, 4.69) is 20.8 Å². The Morgan fingerprint density at radius 3 is 2.58 bits per heavy atom. The van der Waals surface area contributed by atoms with E-state index in [0.29, 0.717) is 39.5 Å². The third kappa shape index (κ3) is 6.27. The van der Waals surface area contributed by atoms with Gasteiger partial charge in [-0.1, -0.05) is 29.4 Å². The lowest BCUT2D eigenvalue weighted by atomic mass is 10.2. The van der Waals surface area contributed by atoms with Crippen LogP contribution >= 0.6 is 23.4 Å². The zero-order valence-electron chi connectivity index (χ0n) is 18.9. The number of anilines is 1. The highest BCUT2D eigenvalue weighted by atomic mass is 35.5. The molecule has 174 valence electrons. The smallest absolute Gasteiger partial charge is 0.251 e. The number of hydrogen-bond donors (Lipinski definition) is 2. The Kier molecular flexibility index (Phi) is 8.35. The first-order chi connectivity index (χ1) is 15.8.